The lowest BCUT2D eigenvalue weighted by Crippen LogP contribution is -2.31. The monoisotopic (exact) mass is 519 g/mol. The lowest BCUT2D eigenvalue weighted by Gasteiger charge is -2.25. The highest BCUT2D eigenvalue weighted by Crippen LogP contribution is 2.37. The molecule has 0 fully saturated rings. The maximum Gasteiger partial charge on any atom is 0.303 e. The zero-order chi connectivity index (χ0) is 27.7. The Bertz CT molecular complexity index is 1240. The lowest BCUT2D eigenvalue weighted by molar-refractivity contribution is -0.136. The van der Waals surface area contributed by atoms with Crippen LogP contribution in [0, 0.1) is 12.8 Å². The summed E-state index contributed by atoms with van der Waals surface area (Å²) in [7, 11) is 3.22. The number of carbonyl (C=O) groups excluding carboxylic acids is 1. The summed E-state index contributed by atoms with van der Waals surface area (Å²) in [6, 6.07) is 18.4. The van der Waals surface area contributed by atoms with Gasteiger partial charge >= 0.3 is 5.97 Å². The molecule has 0 bridgehead atoms. The number of aliphatic carboxylic acids is 1. The molecule has 0 aliphatic heterocycles. The van der Waals surface area contributed by atoms with Gasteiger partial charge in [-0.1, -0.05) is 44.2 Å². The molecule has 0 radical (unpaired) electrons. The number of ether oxygens (including phenoxy) is 3. The van der Waals surface area contributed by atoms with Crippen molar-refractivity contribution in [3.8, 4) is 17.2 Å². The molecule has 202 valence electrons. The first kappa shape index (κ1) is 28.6. The zero-order valence-corrected chi connectivity index (χ0v) is 22.7. The minimum absolute atomic E-state index is 0.0684. The quantitative estimate of drug-likeness (QED) is 0.282. The topological polar surface area (TPSA) is 94.1 Å². The molecule has 1 unspecified atom stereocenters. The van der Waals surface area contributed by atoms with Crippen LogP contribution in [0.4, 0.5) is 0 Å². The second-order valence-corrected chi connectivity index (χ2v) is 9.66. The molecular weight excluding hydrogens is 482 g/mol. The summed E-state index contributed by atoms with van der Waals surface area (Å²) < 4.78 is 17.1. The van der Waals surface area contributed by atoms with Crippen molar-refractivity contribution in [2.75, 3.05) is 14.2 Å². The van der Waals surface area contributed by atoms with Gasteiger partial charge < -0.3 is 24.6 Å². The zero-order valence-electron chi connectivity index (χ0n) is 22.7. The molecule has 0 aliphatic rings. The summed E-state index contributed by atoms with van der Waals surface area (Å²) in [6.07, 6.45) is 0.869. The van der Waals surface area contributed by atoms with Crippen molar-refractivity contribution in [3.05, 3.63) is 88.5 Å². The lowest BCUT2D eigenvalue weighted by atomic mass is 9.93. The molecule has 0 spiro atoms. The Morgan fingerprint density at radius 2 is 1.71 bits per heavy atom. The number of carboxylic acid groups (broad SMARTS) is 1. The largest absolute Gasteiger partial charge is 0.496 e. The molecule has 1 amide bonds. The van der Waals surface area contributed by atoms with Gasteiger partial charge in [-0.25, -0.2) is 0 Å². The molecule has 3 aromatic carbocycles. The Labute approximate surface area is 224 Å². The average Bonchev–Trinajstić information content (AvgIpc) is 2.90. The molecule has 2 N–H and O–H groups in total. The van der Waals surface area contributed by atoms with Crippen molar-refractivity contribution in [2.24, 2.45) is 5.92 Å². The number of aryl methyl sites for hydroxylation is 1. The van der Waals surface area contributed by atoms with Gasteiger partial charge in [0.05, 0.1) is 20.3 Å². The molecule has 3 rings (SSSR count). The highest BCUT2D eigenvalue weighted by molar-refractivity contribution is 5.96. The first-order valence-corrected chi connectivity index (χ1v) is 12.8. The number of carbonyl (C=O) groups is 2. The number of rotatable bonds is 13. The Morgan fingerprint density at radius 3 is 2.34 bits per heavy atom. The number of carboxylic acids is 1. The number of para-hydroxylation sites is 1. The van der Waals surface area contributed by atoms with Gasteiger partial charge in [-0.05, 0) is 67.1 Å². The summed E-state index contributed by atoms with van der Waals surface area (Å²) in [5, 5.41) is 12.4. The van der Waals surface area contributed by atoms with Crippen LogP contribution >= 0.6 is 0 Å². The fourth-order valence-electron chi connectivity index (χ4n) is 4.50. The van der Waals surface area contributed by atoms with Gasteiger partial charge in [0.1, 0.15) is 23.9 Å². The van der Waals surface area contributed by atoms with Crippen molar-refractivity contribution in [1.29, 1.82) is 0 Å². The number of amides is 1. The number of hydrogen-bond acceptors (Lipinski definition) is 5. The maximum atomic E-state index is 13.7. The van der Waals surface area contributed by atoms with Crippen molar-refractivity contribution < 1.29 is 28.9 Å². The van der Waals surface area contributed by atoms with E-state index in [0.717, 1.165) is 22.4 Å². The van der Waals surface area contributed by atoms with E-state index in [-0.39, 0.29) is 31.4 Å². The molecule has 7 heteroatoms. The smallest absolute Gasteiger partial charge is 0.303 e. The van der Waals surface area contributed by atoms with Crippen molar-refractivity contribution in [1.82, 2.24) is 5.32 Å². The predicted molar refractivity (Wildman–Crippen MR) is 147 cm³/mol. The number of methoxy groups -OCH3 is 2. The van der Waals surface area contributed by atoms with E-state index >= 15 is 0 Å². The van der Waals surface area contributed by atoms with Gasteiger partial charge in [0.15, 0.2) is 0 Å². The summed E-state index contributed by atoms with van der Waals surface area (Å²) in [4.78, 5) is 25.0. The van der Waals surface area contributed by atoms with Crippen LogP contribution in [0.2, 0.25) is 0 Å². The predicted octanol–water partition coefficient (Wildman–Crippen LogP) is 6.13. The van der Waals surface area contributed by atoms with Crippen LogP contribution in [0.15, 0.2) is 60.7 Å². The van der Waals surface area contributed by atoms with Crippen LogP contribution in [-0.4, -0.2) is 31.2 Å². The minimum Gasteiger partial charge on any atom is -0.496 e. The highest BCUT2D eigenvalue weighted by atomic mass is 16.5. The Kier molecular flexibility index (Phi) is 10.2. The van der Waals surface area contributed by atoms with Gasteiger partial charge in [-0.15, -0.1) is 0 Å². The van der Waals surface area contributed by atoms with Crippen molar-refractivity contribution in [3.63, 3.8) is 0 Å². The molecule has 0 saturated carbocycles. The molecule has 7 nitrogen and oxygen atoms in total. The van der Waals surface area contributed by atoms with E-state index in [9.17, 15) is 14.7 Å². The molecule has 0 aromatic heterocycles. The summed E-state index contributed by atoms with van der Waals surface area (Å²) in [5.74, 6) is 1.22. The first-order chi connectivity index (χ1) is 18.2. The molecule has 0 aliphatic carbocycles. The molecular formula is C31H37NO6. The molecule has 0 saturated heterocycles. The standard InChI is InChI=1S/C31H37NO6/c1-20(2)17-27(25-14-15-28(36-4)21(3)30(25)37-5)32-31(35)26-18-22(11-12-23(26)13-16-29(33)34)19-38-24-9-7-6-8-10-24/h6-12,14-15,18,20,27H,13,16-17,19H2,1-5H3,(H,32,35)(H,33,34). The third-order valence-corrected chi connectivity index (χ3v) is 6.37. The fraction of sp³-hybridized carbons (Fsp3) is 0.355. The Morgan fingerprint density at radius 1 is 0.974 bits per heavy atom. The second-order valence-electron chi connectivity index (χ2n) is 9.66. The number of benzene rings is 3. The minimum atomic E-state index is -0.913. The SMILES string of the molecule is COc1ccc(C(CC(C)C)NC(=O)c2cc(COc3ccccc3)ccc2CCC(=O)O)c(OC)c1C. The van der Waals surface area contributed by atoms with Crippen LogP contribution in [0.1, 0.15) is 65.3 Å². The van der Waals surface area contributed by atoms with Gasteiger partial charge in [-0.3, -0.25) is 9.59 Å². The number of nitrogens with one attached hydrogen (secondary N) is 1. The highest BCUT2D eigenvalue weighted by Gasteiger charge is 2.24. The third kappa shape index (κ3) is 7.51. The van der Waals surface area contributed by atoms with Crippen LogP contribution in [0.3, 0.4) is 0 Å². The molecule has 3 aromatic rings. The Hall–Kier alpha value is -4.00. The van der Waals surface area contributed by atoms with E-state index in [2.05, 4.69) is 19.2 Å². The normalized spacial score (nSPS) is 11.6. The van der Waals surface area contributed by atoms with Gasteiger partial charge in [0, 0.05) is 23.1 Å². The van der Waals surface area contributed by atoms with Crippen molar-refractivity contribution >= 4 is 11.9 Å². The number of hydrogen-bond donors (Lipinski definition) is 2. The third-order valence-electron chi connectivity index (χ3n) is 6.37. The van der Waals surface area contributed by atoms with Crippen LogP contribution in [0.25, 0.3) is 0 Å². The van der Waals surface area contributed by atoms with E-state index < -0.39 is 5.97 Å². The van der Waals surface area contributed by atoms with Gasteiger partial charge in [0.25, 0.3) is 5.91 Å². The average molecular weight is 520 g/mol. The van der Waals surface area contributed by atoms with Crippen LogP contribution in [0.5, 0.6) is 17.2 Å². The van der Waals surface area contributed by atoms with Crippen LogP contribution in [-0.2, 0) is 17.8 Å². The van der Waals surface area contributed by atoms with E-state index in [1.165, 1.54) is 0 Å². The summed E-state index contributed by atoms with van der Waals surface area (Å²) in [6.45, 7) is 6.41. The van der Waals surface area contributed by atoms with E-state index in [1.54, 1.807) is 20.3 Å². The molecule has 0 heterocycles. The van der Waals surface area contributed by atoms with Crippen LogP contribution < -0.4 is 19.5 Å². The summed E-state index contributed by atoms with van der Waals surface area (Å²) in [5.41, 5.74) is 3.66. The first-order valence-electron chi connectivity index (χ1n) is 12.8. The Balaban J connectivity index is 1.94. The second kappa shape index (κ2) is 13.5. The van der Waals surface area contributed by atoms with Gasteiger partial charge in [-0.2, -0.15) is 0 Å². The maximum absolute atomic E-state index is 13.7. The summed E-state index contributed by atoms with van der Waals surface area (Å²) >= 11 is 0. The fourth-order valence-corrected chi connectivity index (χ4v) is 4.50. The van der Waals surface area contributed by atoms with E-state index in [4.69, 9.17) is 14.2 Å². The molecule has 1 atom stereocenters. The molecule has 38 heavy (non-hydrogen) atoms. The van der Waals surface area contributed by atoms with E-state index in [0.29, 0.717) is 35.0 Å². The van der Waals surface area contributed by atoms with E-state index in [1.807, 2.05) is 61.5 Å². The van der Waals surface area contributed by atoms with Gasteiger partial charge in [0.2, 0.25) is 0 Å². The van der Waals surface area contributed by atoms with Crippen molar-refractivity contribution in [2.45, 2.75) is 52.7 Å².